The molecule has 0 bridgehead atoms. The molecule has 38 N–H and O–H groups in total. The number of nitrogens with one attached hydrogen (secondary N) is 21. The number of aliphatic hydroxyl groups is 2. The molecular weight excluding hydrogens is 1580 g/mol. The van der Waals surface area contributed by atoms with Gasteiger partial charge in [0.25, 0.3) is 0 Å². The number of carboxylic acid groups (broad SMARTS) is 2. The molecule has 11 amide bonds. The van der Waals surface area contributed by atoms with E-state index in [9.17, 15) is 78.3 Å². The minimum Gasteiger partial charge on any atom is -0.508 e. The highest BCUT2D eigenvalue weighted by Crippen LogP contribution is 2.22. The molecule has 0 fully saturated rings. The Labute approximate surface area is 695 Å². The number of phenolic OH excluding ortho intramolecular Hbond substituents is 1. The second-order valence-corrected chi connectivity index (χ2v) is 29.0. The number of guanidine groups is 4. The normalized spacial score (nSPS) is 14.1. The van der Waals surface area contributed by atoms with Crippen LogP contribution in [-0.4, -0.2) is 255 Å². The fraction of sp³-hybridized carbons (Fsp3) is 0.487. The lowest BCUT2D eigenvalue weighted by Crippen LogP contribution is -2.62. The number of aromatic hydroxyl groups is 1. The predicted molar refractivity (Wildman–Crippen MR) is 443 cm³/mol. The number of para-hydroxylation sites is 2. The highest BCUT2D eigenvalue weighted by atomic mass is 16.4. The van der Waals surface area contributed by atoms with Crippen LogP contribution in [0, 0.1) is 27.6 Å². The molecule has 0 radical (unpaired) electrons. The average molecular weight is 1690 g/mol. The van der Waals surface area contributed by atoms with Crippen molar-refractivity contribution in [3.05, 3.63) is 102 Å². The molecule has 2 aromatic heterocycles. The summed E-state index contributed by atoms with van der Waals surface area (Å²) in [6.07, 6.45) is 1.14. The SMILES string of the molecule is CC(C)[C@H](NC(=O)[C@H](CC(=O)O)NC(=O)[C@H](CO)NC(=O)[C@H](CCCCN)NC(=O)[C@@H](N)Cc1c[nH]c2ccccc12)C(=O)N[C@@H](CCCNC(=N)N)C(=O)N[C@@H](CCCNC(=N)N)C(=O)N[C@@H](Cc1c[nH]c2ccccc12)C(=O)N[C@@H](CCCNC(=N)N)C(=O)N[C@@H](CO)C(=O)N[C@@H](CCCNC(=N)N)C(=O)N[C@@H](Cc1ccc(O)cc1)C(=O)O. The number of aromatic amines is 2. The summed E-state index contributed by atoms with van der Waals surface area (Å²) in [5.74, 6) is -17.7. The largest absolute Gasteiger partial charge is 0.508 e. The number of nitrogens with two attached hydrogens (primary N) is 6. The van der Waals surface area contributed by atoms with Gasteiger partial charge in [0.2, 0.25) is 65.0 Å². The average Bonchev–Trinajstić information content (AvgIpc) is 1.75. The first-order valence-corrected chi connectivity index (χ1v) is 39.2. The monoisotopic (exact) mass is 1690 g/mol. The molecule has 45 heteroatoms. The van der Waals surface area contributed by atoms with Gasteiger partial charge in [-0.2, -0.15) is 0 Å². The molecule has 2 heterocycles. The van der Waals surface area contributed by atoms with Crippen molar-refractivity contribution < 1.29 is 87.9 Å². The first kappa shape index (κ1) is 98.1. The number of hydrogen-bond donors (Lipinski definition) is 32. The molecule has 0 spiro atoms. The van der Waals surface area contributed by atoms with Crippen LogP contribution in [0.4, 0.5) is 0 Å². The number of unbranched alkanes of at least 4 members (excludes halogenated alkanes) is 1. The lowest BCUT2D eigenvalue weighted by atomic mass is 10.0. The quantitative estimate of drug-likeness (QED) is 0.00978. The summed E-state index contributed by atoms with van der Waals surface area (Å²) in [7, 11) is 0. The Balaban J connectivity index is 1.42. The summed E-state index contributed by atoms with van der Waals surface area (Å²) in [4.78, 5) is 189. The maximum atomic E-state index is 15.2. The second-order valence-electron chi connectivity index (χ2n) is 29.0. The summed E-state index contributed by atoms with van der Waals surface area (Å²) in [6, 6.07) is -0.0825. The summed E-state index contributed by atoms with van der Waals surface area (Å²) in [5, 5.41) is 121. The number of fused-ring (bicyclic) bond motifs is 2. The maximum absolute atomic E-state index is 15.2. The van der Waals surface area contributed by atoms with Crippen molar-refractivity contribution in [3.63, 3.8) is 0 Å². The third kappa shape index (κ3) is 33.8. The molecule has 45 nitrogen and oxygen atoms in total. The lowest BCUT2D eigenvalue weighted by Gasteiger charge is -2.29. The molecule has 662 valence electrons. The van der Waals surface area contributed by atoms with Gasteiger partial charge in [-0.25, -0.2) is 4.79 Å². The minimum absolute atomic E-state index is 0.000640. The van der Waals surface area contributed by atoms with E-state index in [1.54, 1.807) is 36.7 Å². The molecule has 0 saturated heterocycles. The number of carboxylic acids is 2. The number of carbonyl (C=O) groups is 13. The number of phenols is 1. The Morgan fingerprint density at radius 3 is 1.10 bits per heavy atom. The third-order valence-corrected chi connectivity index (χ3v) is 19.1. The number of aromatic nitrogens is 2. The Morgan fingerprint density at radius 2 is 0.719 bits per heavy atom. The highest BCUT2D eigenvalue weighted by molar-refractivity contribution is 6.01. The molecule has 5 rings (SSSR count). The van der Waals surface area contributed by atoms with Gasteiger partial charge < -0.3 is 150 Å². The van der Waals surface area contributed by atoms with Gasteiger partial charge in [-0.1, -0.05) is 62.4 Å². The van der Waals surface area contributed by atoms with Gasteiger partial charge in [-0.05, 0) is 130 Å². The lowest BCUT2D eigenvalue weighted by molar-refractivity contribution is -0.142. The highest BCUT2D eigenvalue weighted by Gasteiger charge is 2.39. The molecule has 0 unspecified atom stereocenters. The van der Waals surface area contributed by atoms with Gasteiger partial charge in [-0.15, -0.1) is 0 Å². The fourth-order valence-electron chi connectivity index (χ4n) is 12.7. The van der Waals surface area contributed by atoms with Gasteiger partial charge >= 0.3 is 11.9 Å². The topological polar surface area (TPSA) is 787 Å². The smallest absolute Gasteiger partial charge is 0.326 e. The van der Waals surface area contributed by atoms with E-state index in [0.717, 1.165) is 16.5 Å². The predicted octanol–water partition coefficient (Wildman–Crippen LogP) is -6.58. The van der Waals surface area contributed by atoms with Crippen molar-refractivity contribution in [2.24, 2.45) is 40.3 Å². The number of hydrogen-bond acceptors (Lipinski definition) is 22. The molecule has 0 aliphatic rings. The van der Waals surface area contributed by atoms with Gasteiger partial charge in [0.15, 0.2) is 23.8 Å². The number of aliphatic hydroxyl groups excluding tert-OH is 2. The van der Waals surface area contributed by atoms with Crippen LogP contribution in [-0.2, 0) is 81.6 Å². The number of rotatable bonds is 54. The Hall–Kier alpha value is -13.4. The second kappa shape index (κ2) is 50.4. The van der Waals surface area contributed by atoms with Crippen molar-refractivity contribution in [3.8, 4) is 5.75 Å². The van der Waals surface area contributed by atoms with Crippen LogP contribution < -0.4 is 114 Å². The van der Waals surface area contributed by atoms with Gasteiger partial charge in [0, 0.05) is 73.2 Å². The third-order valence-electron chi connectivity index (χ3n) is 19.1. The Bertz CT molecular complexity index is 4390. The molecular formula is C76H115N27O18. The first-order chi connectivity index (χ1) is 57.5. The van der Waals surface area contributed by atoms with Crippen LogP contribution >= 0.6 is 0 Å². The van der Waals surface area contributed by atoms with Crippen LogP contribution in [0.3, 0.4) is 0 Å². The zero-order valence-electron chi connectivity index (χ0n) is 67.2. The Kier molecular flexibility index (Phi) is 40.8. The maximum Gasteiger partial charge on any atom is 0.326 e. The molecule has 0 aliphatic heterocycles. The van der Waals surface area contributed by atoms with Crippen molar-refractivity contribution in [1.82, 2.24) is 89.7 Å². The van der Waals surface area contributed by atoms with Crippen LogP contribution in [0.15, 0.2) is 85.2 Å². The standard InChI is InChI=1S/C76H115N27O18/c1-39(2)60(103-68(116)55(34-59(107)108)99-70(118)58(38-105)102-65(113)49(17-7-8-26-77)93-61(109)46(78)32-41-35-91-47-15-5-3-13-44(41)47)71(119)97-53(21-12-30-90-76(85)86)62(110)94-50(18-9-27-87-73(79)80)63(111)98-54(33-42-36-92-48-16-6-4-14-45(42)48)67(115)95-52(20-11-29-89-75(83)84)66(114)101-57(37-104)69(117)96-51(19-10-28-88-74(81)82)64(112)100-56(72(120)121)31-40-22-24-43(106)25-23-40/h3-6,13-16,22-25,35-36,39,46,49-58,60,91-92,104-106H,7-12,17-21,26-34,37-38,77-78H2,1-2H3,(H,93,109)(H,94,110)(H,95,115)(H,96,117)(H,97,119)(H,98,111)(H,99,118)(H,100,112)(H,101,114)(H,102,113)(H,103,116)(H,107,108)(H,120,121)(H4,79,80,87)(H4,81,82,88)(H4,83,84,89)(H4,85,86,90)/t46-,49-,50-,51-,52-,53-,54-,55-,56-,57-,58-,60-/m0/s1. The van der Waals surface area contributed by atoms with Gasteiger partial charge in [0.05, 0.1) is 25.7 Å². The van der Waals surface area contributed by atoms with Crippen LogP contribution in [0.1, 0.15) is 108 Å². The Morgan fingerprint density at radius 1 is 0.388 bits per heavy atom. The molecule has 5 aromatic rings. The van der Waals surface area contributed by atoms with Crippen LogP contribution in [0.25, 0.3) is 21.8 Å². The number of H-pyrrole nitrogens is 2. The number of carbonyl (C=O) groups excluding carboxylic acids is 11. The van der Waals surface area contributed by atoms with E-state index < -0.39 is 199 Å². The van der Waals surface area contributed by atoms with Crippen molar-refractivity contribution >= 4 is 123 Å². The molecule has 3 aromatic carbocycles. The van der Waals surface area contributed by atoms with Crippen molar-refractivity contribution in [2.75, 3.05) is 45.9 Å². The summed E-state index contributed by atoms with van der Waals surface area (Å²) < 4.78 is 0. The van der Waals surface area contributed by atoms with Crippen molar-refractivity contribution in [1.29, 1.82) is 21.6 Å². The molecule has 121 heavy (non-hydrogen) atoms. The summed E-state index contributed by atoms with van der Waals surface area (Å²) in [6.45, 7) is 0.716. The van der Waals surface area contributed by atoms with Crippen molar-refractivity contribution in [2.45, 2.75) is 183 Å². The first-order valence-electron chi connectivity index (χ1n) is 39.2. The van der Waals surface area contributed by atoms with Gasteiger partial charge in [-0.3, -0.25) is 79.2 Å². The number of aliphatic carboxylic acids is 2. The van der Waals surface area contributed by atoms with E-state index >= 15 is 9.59 Å². The van der Waals surface area contributed by atoms with E-state index in [-0.39, 0.29) is 116 Å². The fourth-order valence-corrected chi connectivity index (χ4v) is 12.7. The zero-order valence-corrected chi connectivity index (χ0v) is 67.2. The number of benzene rings is 3. The molecule has 0 aliphatic carbocycles. The molecule has 0 saturated carbocycles. The summed E-state index contributed by atoms with van der Waals surface area (Å²) >= 11 is 0. The number of amides is 11. The van der Waals surface area contributed by atoms with Gasteiger partial charge in [0.1, 0.15) is 72.2 Å². The van der Waals surface area contributed by atoms with E-state index in [2.05, 4.69) is 89.7 Å². The van der Waals surface area contributed by atoms with E-state index in [1.807, 2.05) is 24.3 Å². The zero-order chi connectivity index (χ0) is 89.4. The van der Waals surface area contributed by atoms with E-state index in [1.165, 1.54) is 38.1 Å². The minimum atomic E-state index is -2.02. The van der Waals surface area contributed by atoms with E-state index in [0.29, 0.717) is 34.9 Å². The molecule has 12 atom stereocenters. The van der Waals surface area contributed by atoms with Crippen LogP contribution in [0.5, 0.6) is 5.75 Å². The summed E-state index contributed by atoms with van der Waals surface area (Å²) in [5.41, 5.74) is 37.1. The van der Waals surface area contributed by atoms with E-state index in [4.69, 9.17) is 56.0 Å². The van der Waals surface area contributed by atoms with Crippen LogP contribution in [0.2, 0.25) is 0 Å².